The molecular weight excluding hydrogens is 144 g/mol. The Kier molecular flexibility index (Phi) is 2.22. The van der Waals surface area contributed by atoms with E-state index >= 15 is 0 Å². The molecule has 0 saturated carbocycles. The van der Waals surface area contributed by atoms with Crippen LogP contribution in [0.1, 0.15) is 5.69 Å². The smallest absolute Gasteiger partial charge is 0.212 e. The molecule has 0 unspecified atom stereocenters. The Balaban J connectivity index is 2.87. The van der Waals surface area contributed by atoms with Crippen molar-refractivity contribution in [3.8, 4) is 0 Å². The van der Waals surface area contributed by atoms with Gasteiger partial charge in [-0.3, -0.25) is 9.48 Å². The lowest BCUT2D eigenvalue weighted by Crippen LogP contribution is -2.01. The van der Waals surface area contributed by atoms with Gasteiger partial charge < -0.3 is 11.1 Å². The Morgan fingerprint density at radius 2 is 2.64 bits per heavy atom. The quantitative estimate of drug-likeness (QED) is 0.573. The molecule has 0 atom stereocenters. The van der Waals surface area contributed by atoms with E-state index in [2.05, 4.69) is 10.4 Å². The monoisotopic (exact) mass is 154 g/mol. The van der Waals surface area contributed by atoms with E-state index in [9.17, 15) is 4.79 Å². The maximum Gasteiger partial charge on any atom is 0.212 e. The van der Waals surface area contributed by atoms with Gasteiger partial charge >= 0.3 is 0 Å². The predicted octanol–water partition coefficient (Wildman–Crippen LogP) is -0.553. The Bertz CT molecular complexity index is 255. The molecule has 1 rings (SSSR count). The van der Waals surface area contributed by atoms with Crippen molar-refractivity contribution in [1.82, 2.24) is 9.78 Å². The molecule has 0 fully saturated rings. The van der Waals surface area contributed by atoms with Crippen molar-refractivity contribution in [2.24, 2.45) is 12.8 Å². The highest BCUT2D eigenvalue weighted by atomic mass is 16.1. The maximum absolute atomic E-state index is 10.0. The first kappa shape index (κ1) is 7.74. The van der Waals surface area contributed by atoms with Crippen LogP contribution in [0.2, 0.25) is 0 Å². The van der Waals surface area contributed by atoms with Gasteiger partial charge in [0.2, 0.25) is 6.41 Å². The van der Waals surface area contributed by atoms with E-state index in [1.165, 1.54) is 0 Å². The summed E-state index contributed by atoms with van der Waals surface area (Å²) >= 11 is 0. The normalized spacial score (nSPS) is 9.64. The Morgan fingerprint density at radius 3 is 3.09 bits per heavy atom. The zero-order chi connectivity index (χ0) is 8.27. The van der Waals surface area contributed by atoms with Gasteiger partial charge in [0.25, 0.3) is 0 Å². The lowest BCUT2D eigenvalue weighted by Gasteiger charge is -1.95. The van der Waals surface area contributed by atoms with E-state index in [1.54, 1.807) is 17.8 Å². The molecule has 0 saturated heterocycles. The fourth-order valence-corrected chi connectivity index (χ4v) is 0.822. The minimum atomic E-state index is 0.383. The van der Waals surface area contributed by atoms with Crippen LogP contribution in [0, 0.1) is 0 Å². The molecule has 1 aromatic rings. The van der Waals surface area contributed by atoms with Crippen molar-refractivity contribution in [3.63, 3.8) is 0 Å². The fourth-order valence-electron chi connectivity index (χ4n) is 0.822. The second-order valence-electron chi connectivity index (χ2n) is 2.11. The number of aryl methyl sites for hydroxylation is 1. The van der Waals surface area contributed by atoms with Crippen LogP contribution in [0.5, 0.6) is 0 Å². The number of carbonyl (C=O) groups is 1. The number of nitrogens with one attached hydrogen (secondary N) is 1. The molecule has 0 radical (unpaired) electrons. The van der Waals surface area contributed by atoms with Crippen LogP contribution in [-0.2, 0) is 18.4 Å². The first-order valence-electron chi connectivity index (χ1n) is 3.21. The minimum absolute atomic E-state index is 0.383. The summed E-state index contributed by atoms with van der Waals surface area (Å²) in [5, 5.41) is 6.51. The van der Waals surface area contributed by atoms with Crippen LogP contribution in [0.25, 0.3) is 0 Å². The van der Waals surface area contributed by atoms with Gasteiger partial charge in [-0.1, -0.05) is 0 Å². The standard InChI is InChI=1S/C6H10N4O/c1-10-6(8-4-11)2-5(3-7)9-10/h2,4H,3,7H2,1H3,(H,8,11). The molecule has 0 aliphatic carbocycles. The summed E-state index contributed by atoms with van der Waals surface area (Å²) in [5.41, 5.74) is 6.10. The molecule has 5 heteroatoms. The first-order chi connectivity index (χ1) is 5.27. The molecule has 11 heavy (non-hydrogen) atoms. The zero-order valence-corrected chi connectivity index (χ0v) is 6.24. The summed E-state index contributed by atoms with van der Waals surface area (Å²) in [5.74, 6) is 0.653. The van der Waals surface area contributed by atoms with E-state index in [0.717, 1.165) is 5.69 Å². The number of aromatic nitrogens is 2. The SMILES string of the molecule is Cn1nc(CN)cc1NC=O. The van der Waals surface area contributed by atoms with Crippen molar-refractivity contribution in [2.75, 3.05) is 5.32 Å². The summed E-state index contributed by atoms with van der Waals surface area (Å²) in [6.07, 6.45) is 0.608. The highest BCUT2D eigenvalue weighted by Gasteiger charge is 2.00. The predicted molar refractivity (Wildman–Crippen MR) is 40.8 cm³/mol. The molecule has 60 valence electrons. The van der Waals surface area contributed by atoms with E-state index < -0.39 is 0 Å². The summed E-state index contributed by atoms with van der Waals surface area (Å²) in [6, 6.07) is 1.73. The topological polar surface area (TPSA) is 72.9 Å². The average Bonchev–Trinajstić information content (AvgIpc) is 2.33. The summed E-state index contributed by atoms with van der Waals surface area (Å²) in [4.78, 5) is 10.0. The van der Waals surface area contributed by atoms with Crippen LogP contribution in [0.4, 0.5) is 5.82 Å². The molecule has 1 aromatic heterocycles. The van der Waals surface area contributed by atoms with Gasteiger partial charge in [-0.2, -0.15) is 5.10 Å². The second-order valence-corrected chi connectivity index (χ2v) is 2.11. The van der Waals surface area contributed by atoms with Gasteiger partial charge in [0.1, 0.15) is 5.82 Å². The van der Waals surface area contributed by atoms with Crippen molar-refractivity contribution in [1.29, 1.82) is 0 Å². The van der Waals surface area contributed by atoms with Gasteiger partial charge in [-0.25, -0.2) is 0 Å². The largest absolute Gasteiger partial charge is 0.325 e. The van der Waals surface area contributed by atoms with Crippen LogP contribution < -0.4 is 11.1 Å². The average molecular weight is 154 g/mol. The molecule has 5 nitrogen and oxygen atoms in total. The maximum atomic E-state index is 10.0. The van der Waals surface area contributed by atoms with Crippen molar-refractivity contribution < 1.29 is 4.79 Å². The van der Waals surface area contributed by atoms with Gasteiger partial charge in [0.05, 0.1) is 5.69 Å². The molecule has 1 amide bonds. The summed E-state index contributed by atoms with van der Waals surface area (Å²) in [6.45, 7) is 0.383. The molecule has 1 heterocycles. The Labute approximate surface area is 64.2 Å². The number of carbonyl (C=O) groups excluding carboxylic acids is 1. The second kappa shape index (κ2) is 3.16. The minimum Gasteiger partial charge on any atom is -0.325 e. The summed E-state index contributed by atoms with van der Waals surface area (Å²) < 4.78 is 1.57. The van der Waals surface area contributed by atoms with E-state index in [4.69, 9.17) is 5.73 Å². The Hall–Kier alpha value is -1.36. The van der Waals surface area contributed by atoms with Crippen molar-refractivity contribution in [3.05, 3.63) is 11.8 Å². The number of rotatable bonds is 3. The van der Waals surface area contributed by atoms with E-state index in [1.807, 2.05) is 0 Å². The number of hydrogen-bond donors (Lipinski definition) is 2. The van der Waals surface area contributed by atoms with E-state index in [-0.39, 0.29) is 0 Å². The van der Waals surface area contributed by atoms with Crippen molar-refractivity contribution >= 4 is 12.2 Å². The number of nitrogens with zero attached hydrogens (tertiary/aromatic N) is 2. The van der Waals surface area contributed by atoms with Crippen LogP contribution >= 0.6 is 0 Å². The fraction of sp³-hybridized carbons (Fsp3) is 0.333. The van der Waals surface area contributed by atoms with Crippen LogP contribution in [0.3, 0.4) is 0 Å². The van der Waals surface area contributed by atoms with Gasteiger partial charge in [0.15, 0.2) is 0 Å². The number of amides is 1. The van der Waals surface area contributed by atoms with Crippen LogP contribution in [0.15, 0.2) is 6.07 Å². The molecule has 0 aliphatic rings. The molecule has 0 spiro atoms. The van der Waals surface area contributed by atoms with Gasteiger partial charge in [-0.05, 0) is 0 Å². The molecular formula is C6H10N4O. The zero-order valence-electron chi connectivity index (χ0n) is 6.24. The third-order valence-corrected chi connectivity index (χ3v) is 1.35. The third kappa shape index (κ3) is 1.56. The molecule has 0 bridgehead atoms. The third-order valence-electron chi connectivity index (χ3n) is 1.35. The van der Waals surface area contributed by atoms with Gasteiger partial charge in [-0.15, -0.1) is 0 Å². The number of anilines is 1. The lowest BCUT2D eigenvalue weighted by atomic mass is 10.4. The number of nitrogens with two attached hydrogens (primary N) is 1. The summed E-state index contributed by atoms with van der Waals surface area (Å²) in [7, 11) is 1.74. The van der Waals surface area contributed by atoms with Crippen LogP contribution in [-0.4, -0.2) is 16.2 Å². The van der Waals surface area contributed by atoms with Gasteiger partial charge in [0, 0.05) is 19.7 Å². The lowest BCUT2D eigenvalue weighted by molar-refractivity contribution is -0.105. The number of hydrogen-bond acceptors (Lipinski definition) is 3. The molecule has 0 aromatic carbocycles. The highest BCUT2D eigenvalue weighted by molar-refractivity contribution is 5.68. The van der Waals surface area contributed by atoms with Crippen molar-refractivity contribution in [2.45, 2.75) is 6.54 Å². The van der Waals surface area contributed by atoms with E-state index in [0.29, 0.717) is 18.8 Å². The molecule has 3 N–H and O–H groups in total. The Morgan fingerprint density at radius 1 is 1.91 bits per heavy atom. The highest BCUT2D eigenvalue weighted by Crippen LogP contribution is 2.06. The molecule has 0 aliphatic heterocycles. The first-order valence-corrected chi connectivity index (χ1v) is 3.21.